The summed E-state index contributed by atoms with van der Waals surface area (Å²) in [6.07, 6.45) is 2.09. The number of amides is 2. The number of carbonyl (C=O) groups excluding carboxylic acids is 2. The van der Waals surface area contributed by atoms with Crippen LogP contribution in [0.3, 0.4) is 0 Å². The van der Waals surface area contributed by atoms with E-state index in [2.05, 4.69) is 11.1 Å². The Morgan fingerprint density at radius 2 is 1.89 bits per heavy atom. The smallest absolute Gasteiger partial charge is 0.281 e. The van der Waals surface area contributed by atoms with Crippen molar-refractivity contribution in [1.29, 1.82) is 0 Å². The average molecular weight is 387 g/mol. The maximum Gasteiger partial charge on any atom is 0.281 e. The third-order valence-corrected chi connectivity index (χ3v) is 5.10. The van der Waals surface area contributed by atoms with Crippen LogP contribution < -0.4 is 11.1 Å². The molecule has 1 aliphatic rings. The van der Waals surface area contributed by atoms with Gasteiger partial charge in [-0.2, -0.15) is 0 Å². The SMILES string of the molecule is [NH3+]C(Cc1ccccc1)C(=O)N1CCCC1C(=O)NCc1cccc(Cl)c1. The lowest BCUT2D eigenvalue weighted by Gasteiger charge is -2.25. The molecule has 1 fully saturated rings. The number of likely N-dealkylation sites (tertiary alicyclic amines) is 1. The van der Waals surface area contributed by atoms with Crippen LogP contribution in [0.25, 0.3) is 0 Å². The number of benzene rings is 2. The Morgan fingerprint density at radius 1 is 1.15 bits per heavy atom. The molecule has 2 atom stereocenters. The van der Waals surface area contributed by atoms with Gasteiger partial charge in [0.25, 0.3) is 5.91 Å². The molecule has 0 spiro atoms. The van der Waals surface area contributed by atoms with Crippen LogP contribution in [0.2, 0.25) is 5.02 Å². The highest BCUT2D eigenvalue weighted by molar-refractivity contribution is 6.30. The van der Waals surface area contributed by atoms with Gasteiger partial charge in [-0.05, 0) is 36.1 Å². The molecule has 1 heterocycles. The summed E-state index contributed by atoms with van der Waals surface area (Å²) in [7, 11) is 0. The number of carbonyl (C=O) groups is 2. The number of hydrogen-bond acceptors (Lipinski definition) is 2. The van der Waals surface area contributed by atoms with Gasteiger partial charge in [0.05, 0.1) is 0 Å². The van der Waals surface area contributed by atoms with Gasteiger partial charge in [-0.15, -0.1) is 0 Å². The standard InChI is InChI=1S/C21H24ClN3O2/c22-17-9-4-8-16(12-17)14-24-20(26)19-10-5-11-25(19)21(27)18(23)13-15-6-2-1-3-7-15/h1-4,6-9,12,18-19H,5,10-11,13-14,23H2,(H,24,26)/p+1. The first-order chi connectivity index (χ1) is 13.0. The molecule has 2 amide bonds. The zero-order chi connectivity index (χ0) is 19.2. The number of hydrogen-bond donors (Lipinski definition) is 2. The zero-order valence-electron chi connectivity index (χ0n) is 15.2. The first-order valence-corrected chi connectivity index (χ1v) is 9.62. The van der Waals surface area contributed by atoms with Crippen LogP contribution in [-0.4, -0.2) is 35.3 Å². The molecule has 1 aliphatic heterocycles. The molecule has 2 aromatic rings. The van der Waals surface area contributed by atoms with E-state index < -0.39 is 12.1 Å². The minimum Gasteiger partial charge on any atom is -0.350 e. The van der Waals surface area contributed by atoms with E-state index in [0.29, 0.717) is 31.0 Å². The summed E-state index contributed by atoms with van der Waals surface area (Å²) in [4.78, 5) is 27.2. The van der Waals surface area contributed by atoms with E-state index in [4.69, 9.17) is 11.6 Å². The van der Waals surface area contributed by atoms with E-state index in [9.17, 15) is 9.59 Å². The maximum absolute atomic E-state index is 12.8. The highest BCUT2D eigenvalue weighted by atomic mass is 35.5. The summed E-state index contributed by atoms with van der Waals surface area (Å²) in [6, 6.07) is 16.4. The highest BCUT2D eigenvalue weighted by Crippen LogP contribution is 2.19. The molecule has 4 N–H and O–H groups in total. The van der Waals surface area contributed by atoms with Crippen molar-refractivity contribution in [2.45, 2.75) is 37.9 Å². The van der Waals surface area contributed by atoms with Gasteiger partial charge < -0.3 is 16.0 Å². The van der Waals surface area contributed by atoms with Gasteiger partial charge in [0.2, 0.25) is 5.91 Å². The fourth-order valence-corrected chi connectivity index (χ4v) is 3.69. The Balaban J connectivity index is 1.58. The van der Waals surface area contributed by atoms with E-state index in [0.717, 1.165) is 17.5 Å². The van der Waals surface area contributed by atoms with Crippen molar-refractivity contribution in [3.63, 3.8) is 0 Å². The predicted octanol–water partition coefficient (Wildman–Crippen LogP) is 1.80. The molecule has 142 valence electrons. The number of nitrogens with zero attached hydrogens (tertiary/aromatic N) is 1. The van der Waals surface area contributed by atoms with E-state index in [-0.39, 0.29) is 11.8 Å². The molecule has 3 rings (SSSR count). The van der Waals surface area contributed by atoms with Gasteiger partial charge in [-0.25, -0.2) is 0 Å². The topological polar surface area (TPSA) is 77.1 Å². The van der Waals surface area contributed by atoms with Crippen LogP contribution in [0.15, 0.2) is 54.6 Å². The first-order valence-electron chi connectivity index (χ1n) is 9.24. The fourth-order valence-electron chi connectivity index (χ4n) is 3.48. The molecule has 2 unspecified atom stereocenters. The lowest BCUT2D eigenvalue weighted by atomic mass is 10.1. The number of halogens is 1. The van der Waals surface area contributed by atoms with Crippen molar-refractivity contribution in [2.24, 2.45) is 0 Å². The van der Waals surface area contributed by atoms with Crippen molar-refractivity contribution in [3.8, 4) is 0 Å². The second-order valence-corrected chi connectivity index (χ2v) is 7.36. The van der Waals surface area contributed by atoms with Crippen LogP contribution in [-0.2, 0) is 22.6 Å². The van der Waals surface area contributed by atoms with Crippen molar-refractivity contribution in [2.75, 3.05) is 6.54 Å². The second kappa shape index (κ2) is 9.02. The van der Waals surface area contributed by atoms with Crippen LogP contribution in [0.5, 0.6) is 0 Å². The molecule has 0 aromatic heterocycles. The molecule has 2 aromatic carbocycles. The monoisotopic (exact) mass is 386 g/mol. The van der Waals surface area contributed by atoms with Gasteiger partial charge in [-0.3, -0.25) is 9.59 Å². The Bertz CT molecular complexity index is 797. The van der Waals surface area contributed by atoms with E-state index in [1.165, 1.54) is 0 Å². The van der Waals surface area contributed by atoms with E-state index in [1.54, 1.807) is 11.0 Å². The summed E-state index contributed by atoms with van der Waals surface area (Å²) in [5.41, 5.74) is 6.05. The highest BCUT2D eigenvalue weighted by Gasteiger charge is 2.37. The molecule has 0 bridgehead atoms. The average Bonchev–Trinajstić information content (AvgIpc) is 3.16. The Morgan fingerprint density at radius 3 is 2.63 bits per heavy atom. The summed E-state index contributed by atoms with van der Waals surface area (Å²) in [6.45, 7) is 1.00. The molecule has 0 saturated carbocycles. The van der Waals surface area contributed by atoms with Crippen LogP contribution >= 0.6 is 11.6 Å². The third kappa shape index (κ3) is 5.08. The molecule has 5 nitrogen and oxygen atoms in total. The summed E-state index contributed by atoms with van der Waals surface area (Å²) >= 11 is 5.98. The third-order valence-electron chi connectivity index (χ3n) is 4.87. The van der Waals surface area contributed by atoms with Gasteiger partial charge in [0, 0.05) is 24.5 Å². The summed E-state index contributed by atoms with van der Waals surface area (Å²) in [5, 5.41) is 3.57. The molecular formula is C21H25ClN3O2+. The zero-order valence-corrected chi connectivity index (χ0v) is 16.0. The lowest BCUT2D eigenvalue weighted by molar-refractivity contribution is -0.405. The minimum absolute atomic E-state index is 0.0562. The fraction of sp³-hybridized carbons (Fsp3) is 0.333. The molecular weight excluding hydrogens is 362 g/mol. The Kier molecular flexibility index (Phi) is 6.48. The van der Waals surface area contributed by atoms with E-state index in [1.807, 2.05) is 48.5 Å². The van der Waals surface area contributed by atoms with Crippen LogP contribution in [0, 0.1) is 0 Å². The van der Waals surface area contributed by atoms with Crippen LogP contribution in [0.1, 0.15) is 24.0 Å². The number of quaternary nitrogens is 1. The molecule has 6 heteroatoms. The van der Waals surface area contributed by atoms with Gasteiger partial charge in [0.1, 0.15) is 6.04 Å². The number of nitrogens with one attached hydrogen (secondary N) is 1. The predicted molar refractivity (Wildman–Crippen MR) is 105 cm³/mol. The minimum atomic E-state index is -0.420. The first kappa shape index (κ1) is 19.4. The van der Waals surface area contributed by atoms with Crippen molar-refractivity contribution >= 4 is 23.4 Å². The lowest BCUT2D eigenvalue weighted by Crippen LogP contribution is -2.69. The molecule has 0 aliphatic carbocycles. The van der Waals surface area contributed by atoms with Crippen molar-refractivity contribution < 1.29 is 15.3 Å². The van der Waals surface area contributed by atoms with Crippen molar-refractivity contribution in [3.05, 3.63) is 70.7 Å². The second-order valence-electron chi connectivity index (χ2n) is 6.92. The van der Waals surface area contributed by atoms with Gasteiger partial charge in [-0.1, -0.05) is 54.1 Å². The summed E-state index contributed by atoms with van der Waals surface area (Å²) in [5.74, 6) is -0.174. The largest absolute Gasteiger partial charge is 0.350 e. The molecule has 27 heavy (non-hydrogen) atoms. The molecule has 1 saturated heterocycles. The van der Waals surface area contributed by atoms with Crippen LogP contribution in [0.4, 0.5) is 0 Å². The summed E-state index contributed by atoms with van der Waals surface area (Å²) < 4.78 is 0. The Hall–Kier alpha value is -2.37. The normalized spacial score (nSPS) is 17.6. The van der Waals surface area contributed by atoms with Gasteiger partial charge in [0.15, 0.2) is 6.04 Å². The van der Waals surface area contributed by atoms with Crippen molar-refractivity contribution in [1.82, 2.24) is 10.2 Å². The quantitative estimate of drug-likeness (QED) is 0.794. The Labute approximate surface area is 164 Å². The number of rotatable bonds is 6. The van der Waals surface area contributed by atoms with E-state index >= 15 is 0 Å². The van der Waals surface area contributed by atoms with Gasteiger partial charge >= 0.3 is 0 Å². The molecule has 0 radical (unpaired) electrons. The maximum atomic E-state index is 12.8.